The molecule has 0 aromatic heterocycles. The van der Waals surface area contributed by atoms with Crippen molar-refractivity contribution in [3.05, 3.63) is 58.1 Å². The minimum absolute atomic E-state index is 0.0574. The molecule has 1 unspecified atom stereocenters. The van der Waals surface area contributed by atoms with Crippen molar-refractivity contribution in [2.24, 2.45) is 0 Å². The second-order valence-corrected chi connectivity index (χ2v) is 8.64. The molecule has 0 amide bonds. The Morgan fingerprint density at radius 2 is 1.92 bits per heavy atom. The number of nitrogens with one attached hydrogen (secondary N) is 1. The van der Waals surface area contributed by atoms with Crippen LogP contribution in [0.25, 0.3) is 0 Å². The minimum atomic E-state index is -4.94. The molecule has 2 aromatic rings. The molecule has 2 aromatic carbocycles. The van der Waals surface area contributed by atoms with Crippen molar-refractivity contribution in [3.63, 3.8) is 0 Å². The number of benzene rings is 2. The number of sulfone groups is 1. The Kier molecular flexibility index (Phi) is 6.03. The Morgan fingerprint density at radius 3 is 2.50 bits per heavy atom. The monoisotopic (exact) mass is 404 g/mol. The van der Waals surface area contributed by atoms with Gasteiger partial charge in [-0.3, -0.25) is 14.3 Å². The van der Waals surface area contributed by atoms with Gasteiger partial charge in [-0.15, -0.1) is 0 Å². The molecule has 0 aliphatic carbocycles. The zero-order chi connectivity index (χ0) is 19.5. The highest BCUT2D eigenvalue weighted by molar-refractivity contribution is 7.91. The van der Waals surface area contributed by atoms with Crippen LogP contribution in [0.4, 0.5) is 25.8 Å². The summed E-state index contributed by atoms with van der Waals surface area (Å²) >= 11 is 0. The summed E-state index contributed by atoms with van der Waals surface area (Å²) in [6, 6.07) is 9.16. The molecule has 0 aliphatic rings. The normalized spacial score (nSPS) is 12.8. The highest BCUT2D eigenvalue weighted by Crippen LogP contribution is 2.32. The van der Waals surface area contributed by atoms with Gasteiger partial charge in [0.15, 0.2) is 0 Å². The molecular formula is C15H14F2N2O5S2. The topological polar surface area (TPSA) is 106 Å². The number of hydrogen-bond donors (Lipinski definition) is 1. The SMILES string of the molecule is CS(=O)Cc1cccc(Nc2ccc(S(=O)(=O)C(F)F)cc2[N+](=O)[O-])c1. The summed E-state index contributed by atoms with van der Waals surface area (Å²) in [5.41, 5.74) is 0.463. The number of anilines is 2. The summed E-state index contributed by atoms with van der Waals surface area (Å²) in [5, 5.41) is 14.0. The molecule has 1 N–H and O–H groups in total. The van der Waals surface area contributed by atoms with E-state index in [4.69, 9.17) is 0 Å². The van der Waals surface area contributed by atoms with Crippen molar-refractivity contribution in [3.8, 4) is 0 Å². The molecule has 0 saturated carbocycles. The second-order valence-electron chi connectivity index (χ2n) is 5.28. The molecule has 0 radical (unpaired) electrons. The molecule has 0 aliphatic heterocycles. The standard InChI is InChI=1S/C15H14F2N2O5S2/c1-25(22)9-10-3-2-4-11(7-10)18-13-6-5-12(8-14(13)19(20)21)26(23,24)15(16)17/h2-8,15,18H,9H2,1H3. The maximum absolute atomic E-state index is 12.6. The average molecular weight is 404 g/mol. The first-order valence-corrected chi connectivity index (χ1v) is 10.3. The van der Waals surface area contributed by atoms with E-state index in [0.717, 1.165) is 17.7 Å². The Bertz CT molecular complexity index is 964. The lowest BCUT2D eigenvalue weighted by Crippen LogP contribution is -2.12. The number of hydrogen-bond acceptors (Lipinski definition) is 6. The summed E-state index contributed by atoms with van der Waals surface area (Å²) in [6.45, 7) is 0. The molecule has 7 nitrogen and oxygen atoms in total. The van der Waals surface area contributed by atoms with Crippen LogP contribution in [-0.4, -0.2) is 29.6 Å². The zero-order valence-electron chi connectivity index (χ0n) is 13.4. The summed E-state index contributed by atoms with van der Waals surface area (Å²) in [4.78, 5) is 9.52. The van der Waals surface area contributed by atoms with E-state index in [-0.39, 0.29) is 5.69 Å². The van der Waals surface area contributed by atoms with Crippen molar-refractivity contribution in [1.82, 2.24) is 0 Å². The number of nitro groups is 1. The fraction of sp³-hybridized carbons (Fsp3) is 0.200. The van der Waals surface area contributed by atoms with Crippen molar-refractivity contribution in [2.75, 3.05) is 11.6 Å². The predicted octanol–water partition coefficient (Wildman–Crippen LogP) is 3.21. The maximum atomic E-state index is 12.6. The van der Waals surface area contributed by atoms with Gasteiger partial charge in [0.1, 0.15) is 5.69 Å². The molecule has 1 atom stereocenters. The number of rotatable bonds is 7. The molecule has 11 heteroatoms. The third-order valence-corrected chi connectivity index (χ3v) is 5.42. The molecule has 0 heterocycles. The predicted molar refractivity (Wildman–Crippen MR) is 93.8 cm³/mol. The van der Waals surface area contributed by atoms with Crippen LogP contribution in [0.5, 0.6) is 0 Å². The smallest absolute Gasteiger partial charge is 0.341 e. The van der Waals surface area contributed by atoms with Gasteiger partial charge < -0.3 is 5.32 Å². The molecule has 0 fully saturated rings. The van der Waals surface area contributed by atoms with Crippen molar-refractivity contribution < 1.29 is 26.3 Å². The first kappa shape index (κ1) is 19.9. The van der Waals surface area contributed by atoms with Gasteiger partial charge in [0.25, 0.3) is 5.69 Å². The van der Waals surface area contributed by atoms with Crippen molar-refractivity contribution in [2.45, 2.75) is 16.4 Å². The van der Waals surface area contributed by atoms with E-state index in [1.165, 1.54) is 6.26 Å². The first-order chi connectivity index (χ1) is 12.1. The lowest BCUT2D eigenvalue weighted by molar-refractivity contribution is -0.384. The van der Waals surface area contributed by atoms with Crippen LogP contribution in [0, 0.1) is 10.1 Å². The molecular weight excluding hydrogens is 390 g/mol. The van der Waals surface area contributed by atoms with Crippen LogP contribution in [0.1, 0.15) is 5.56 Å². The fourth-order valence-corrected chi connectivity index (χ4v) is 3.57. The van der Waals surface area contributed by atoms with Gasteiger partial charge in [0.2, 0.25) is 9.84 Å². The van der Waals surface area contributed by atoms with E-state index in [1.54, 1.807) is 24.3 Å². The summed E-state index contributed by atoms with van der Waals surface area (Å²) in [6.07, 6.45) is 1.53. The lowest BCUT2D eigenvalue weighted by Gasteiger charge is -2.10. The van der Waals surface area contributed by atoms with Gasteiger partial charge in [-0.05, 0) is 29.8 Å². The van der Waals surface area contributed by atoms with E-state index in [0.29, 0.717) is 17.5 Å². The Labute approximate surface area is 150 Å². The van der Waals surface area contributed by atoms with Gasteiger partial charge in [0, 0.05) is 34.6 Å². The number of nitrogens with zero attached hydrogens (tertiary/aromatic N) is 1. The Balaban J connectivity index is 2.41. The number of nitro benzene ring substituents is 1. The number of halogens is 2. The van der Waals surface area contributed by atoms with Gasteiger partial charge in [0.05, 0.1) is 9.82 Å². The fourth-order valence-electron chi connectivity index (χ4n) is 2.18. The van der Waals surface area contributed by atoms with Gasteiger partial charge >= 0.3 is 5.76 Å². The third kappa shape index (κ3) is 4.61. The summed E-state index contributed by atoms with van der Waals surface area (Å²) < 4.78 is 59.6. The molecule has 26 heavy (non-hydrogen) atoms. The van der Waals surface area contributed by atoms with Crippen LogP contribution >= 0.6 is 0 Å². The lowest BCUT2D eigenvalue weighted by atomic mass is 10.2. The largest absolute Gasteiger partial charge is 0.350 e. The summed E-state index contributed by atoms with van der Waals surface area (Å²) in [7, 11) is -6.02. The van der Waals surface area contributed by atoms with Crippen LogP contribution in [-0.2, 0) is 26.4 Å². The van der Waals surface area contributed by atoms with Crippen molar-refractivity contribution in [1.29, 1.82) is 0 Å². The van der Waals surface area contributed by atoms with E-state index in [9.17, 15) is 31.5 Å². The third-order valence-electron chi connectivity index (χ3n) is 3.30. The quantitative estimate of drug-likeness (QED) is 0.561. The highest BCUT2D eigenvalue weighted by atomic mass is 32.2. The Morgan fingerprint density at radius 1 is 1.23 bits per heavy atom. The van der Waals surface area contributed by atoms with E-state index >= 15 is 0 Å². The summed E-state index contributed by atoms with van der Waals surface area (Å²) in [5.74, 6) is -3.38. The average Bonchev–Trinajstić information content (AvgIpc) is 2.54. The van der Waals surface area contributed by atoms with Crippen LogP contribution in [0.3, 0.4) is 0 Å². The van der Waals surface area contributed by atoms with Gasteiger partial charge in [-0.2, -0.15) is 8.78 Å². The zero-order valence-corrected chi connectivity index (χ0v) is 15.0. The first-order valence-electron chi connectivity index (χ1n) is 7.07. The maximum Gasteiger partial charge on any atom is 0.341 e. The van der Waals surface area contributed by atoms with E-state index < -0.39 is 41.9 Å². The molecule has 0 saturated heterocycles. The molecule has 0 spiro atoms. The van der Waals surface area contributed by atoms with Crippen molar-refractivity contribution >= 4 is 37.7 Å². The van der Waals surface area contributed by atoms with Crippen LogP contribution in [0.15, 0.2) is 47.4 Å². The van der Waals surface area contributed by atoms with E-state index in [2.05, 4.69) is 5.32 Å². The molecule has 2 rings (SSSR count). The van der Waals surface area contributed by atoms with Crippen LogP contribution < -0.4 is 5.32 Å². The molecule has 0 bridgehead atoms. The van der Waals surface area contributed by atoms with Crippen LogP contribution in [0.2, 0.25) is 0 Å². The van der Waals surface area contributed by atoms with Gasteiger partial charge in [-0.25, -0.2) is 8.42 Å². The Hall–Kier alpha value is -2.40. The van der Waals surface area contributed by atoms with Gasteiger partial charge in [-0.1, -0.05) is 12.1 Å². The minimum Gasteiger partial charge on any atom is -0.350 e. The van der Waals surface area contributed by atoms with E-state index in [1.807, 2.05) is 0 Å². The molecule has 140 valence electrons. The second kappa shape index (κ2) is 7.87. The number of alkyl halides is 2. The highest BCUT2D eigenvalue weighted by Gasteiger charge is 2.29.